The molecular formula is C14H13N5O. The lowest BCUT2D eigenvalue weighted by Gasteiger charge is -2.04. The van der Waals surface area contributed by atoms with Gasteiger partial charge in [0.2, 0.25) is 5.91 Å². The summed E-state index contributed by atoms with van der Waals surface area (Å²) in [6.07, 6.45) is 3.13. The van der Waals surface area contributed by atoms with Gasteiger partial charge in [0, 0.05) is 6.92 Å². The van der Waals surface area contributed by atoms with Crippen LogP contribution in [0, 0.1) is 0 Å². The highest BCUT2D eigenvalue weighted by molar-refractivity contribution is 5.95. The Kier molecular flexibility index (Phi) is 3.12. The molecule has 6 heteroatoms. The van der Waals surface area contributed by atoms with Crippen LogP contribution < -0.4 is 5.32 Å². The number of aromatic nitrogens is 4. The zero-order valence-electron chi connectivity index (χ0n) is 10.9. The van der Waals surface area contributed by atoms with Crippen LogP contribution in [0.1, 0.15) is 12.5 Å². The molecule has 0 aliphatic rings. The maximum atomic E-state index is 11.1. The predicted octanol–water partition coefficient (Wildman–Crippen LogP) is 1.83. The molecule has 3 rings (SSSR count). The van der Waals surface area contributed by atoms with E-state index in [1.807, 2.05) is 34.9 Å². The van der Waals surface area contributed by atoms with Crippen molar-refractivity contribution in [3.8, 4) is 0 Å². The van der Waals surface area contributed by atoms with Crippen molar-refractivity contribution in [2.24, 2.45) is 0 Å². The molecule has 6 nitrogen and oxygen atoms in total. The van der Waals surface area contributed by atoms with Crippen molar-refractivity contribution < 1.29 is 4.79 Å². The zero-order valence-corrected chi connectivity index (χ0v) is 10.9. The van der Waals surface area contributed by atoms with Gasteiger partial charge in [-0.3, -0.25) is 4.79 Å². The van der Waals surface area contributed by atoms with Gasteiger partial charge in [-0.1, -0.05) is 30.3 Å². The third-order valence-electron chi connectivity index (χ3n) is 2.89. The van der Waals surface area contributed by atoms with Gasteiger partial charge < -0.3 is 9.88 Å². The average Bonchev–Trinajstić information content (AvgIpc) is 2.84. The first-order chi connectivity index (χ1) is 9.74. The largest absolute Gasteiger partial charge is 0.311 e. The molecule has 1 aromatic carbocycles. The Hall–Kier alpha value is -2.76. The van der Waals surface area contributed by atoms with Gasteiger partial charge in [-0.2, -0.15) is 0 Å². The number of carbonyl (C=O) groups is 1. The summed E-state index contributed by atoms with van der Waals surface area (Å²) in [7, 11) is 0. The molecule has 0 bridgehead atoms. The van der Waals surface area contributed by atoms with Crippen LogP contribution in [0.3, 0.4) is 0 Å². The lowest BCUT2D eigenvalue weighted by atomic mass is 10.2. The first kappa shape index (κ1) is 12.3. The number of rotatable bonds is 3. The molecule has 0 aliphatic carbocycles. The number of nitrogens with zero attached hydrogens (tertiary/aromatic N) is 4. The van der Waals surface area contributed by atoms with Crippen molar-refractivity contribution in [1.82, 2.24) is 19.5 Å². The summed E-state index contributed by atoms with van der Waals surface area (Å²) in [4.78, 5) is 23.7. The Bertz CT molecular complexity index is 751. The monoisotopic (exact) mass is 267 g/mol. The van der Waals surface area contributed by atoms with E-state index in [2.05, 4.69) is 20.3 Å². The fraction of sp³-hybridized carbons (Fsp3) is 0.143. The molecule has 1 N–H and O–H groups in total. The lowest BCUT2D eigenvalue weighted by Crippen LogP contribution is -2.08. The fourth-order valence-electron chi connectivity index (χ4n) is 2.03. The molecule has 0 saturated carbocycles. The van der Waals surface area contributed by atoms with E-state index in [0.717, 1.165) is 5.56 Å². The summed E-state index contributed by atoms with van der Waals surface area (Å²) in [5.41, 5.74) is 2.46. The van der Waals surface area contributed by atoms with Crippen LogP contribution in [0.4, 0.5) is 5.82 Å². The van der Waals surface area contributed by atoms with E-state index < -0.39 is 0 Å². The Labute approximate surface area is 115 Å². The van der Waals surface area contributed by atoms with Crippen molar-refractivity contribution in [1.29, 1.82) is 0 Å². The van der Waals surface area contributed by atoms with E-state index in [4.69, 9.17) is 0 Å². The molecule has 0 unspecified atom stereocenters. The standard InChI is InChI=1S/C14H13N5O/c1-10(20)18-13-12-14(16-8-15-13)19(9-17-12)7-11-5-3-2-4-6-11/h2-6,8-9H,7H2,1H3,(H,15,16,18,20). The highest BCUT2D eigenvalue weighted by Crippen LogP contribution is 2.18. The van der Waals surface area contributed by atoms with Gasteiger partial charge in [-0.25, -0.2) is 15.0 Å². The van der Waals surface area contributed by atoms with Gasteiger partial charge in [0.1, 0.15) is 6.33 Å². The van der Waals surface area contributed by atoms with Gasteiger partial charge in [-0.15, -0.1) is 0 Å². The topological polar surface area (TPSA) is 72.7 Å². The third kappa shape index (κ3) is 2.35. The van der Waals surface area contributed by atoms with Crippen LogP contribution in [0.5, 0.6) is 0 Å². The van der Waals surface area contributed by atoms with Crippen molar-refractivity contribution >= 4 is 22.9 Å². The molecule has 1 amide bonds. The number of imidazole rings is 1. The van der Waals surface area contributed by atoms with E-state index >= 15 is 0 Å². The van der Waals surface area contributed by atoms with Gasteiger partial charge in [-0.05, 0) is 5.56 Å². The van der Waals surface area contributed by atoms with Crippen LogP contribution in [-0.2, 0) is 11.3 Å². The molecule has 20 heavy (non-hydrogen) atoms. The third-order valence-corrected chi connectivity index (χ3v) is 2.89. The molecule has 0 radical (unpaired) electrons. The Morgan fingerprint density at radius 3 is 2.75 bits per heavy atom. The second kappa shape index (κ2) is 5.08. The molecule has 0 aliphatic heterocycles. The molecule has 0 fully saturated rings. The number of amides is 1. The number of benzene rings is 1. The van der Waals surface area contributed by atoms with E-state index in [1.165, 1.54) is 13.3 Å². The minimum absolute atomic E-state index is 0.178. The van der Waals surface area contributed by atoms with Gasteiger partial charge >= 0.3 is 0 Å². The summed E-state index contributed by atoms with van der Waals surface area (Å²) in [5, 5.41) is 2.66. The summed E-state index contributed by atoms with van der Waals surface area (Å²) < 4.78 is 1.93. The lowest BCUT2D eigenvalue weighted by molar-refractivity contribution is -0.114. The molecular weight excluding hydrogens is 254 g/mol. The molecule has 100 valence electrons. The maximum Gasteiger partial charge on any atom is 0.222 e. The fourth-order valence-corrected chi connectivity index (χ4v) is 2.03. The highest BCUT2D eigenvalue weighted by Gasteiger charge is 2.10. The number of carbonyl (C=O) groups excluding carboxylic acids is 1. The highest BCUT2D eigenvalue weighted by atomic mass is 16.1. The molecule has 2 heterocycles. The smallest absolute Gasteiger partial charge is 0.222 e. The van der Waals surface area contributed by atoms with Crippen LogP contribution >= 0.6 is 0 Å². The Morgan fingerprint density at radius 2 is 2.00 bits per heavy atom. The number of fused-ring (bicyclic) bond motifs is 1. The first-order valence-electron chi connectivity index (χ1n) is 6.21. The Balaban J connectivity index is 1.99. The van der Waals surface area contributed by atoms with Crippen LogP contribution in [0.15, 0.2) is 43.0 Å². The van der Waals surface area contributed by atoms with Gasteiger partial charge in [0.25, 0.3) is 0 Å². The summed E-state index contributed by atoms with van der Waals surface area (Å²) in [5.74, 6) is 0.261. The van der Waals surface area contributed by atoms with Crippen molar-refractivity contribution in [2.75, 3.05) is 5.32 Å². The first-order valence-corrected chi connectivity index (χ1v) is 6.21. The van der Waals surface area contributed by atoms with Crippen LogP contribution in [0.2, 0.25) is 0 Å². The Morgan fingerprint density at radius 1 is 1.20 bits per heavy atom. The summed E-state index contributed by atoms with van der Waals surface area (Å²) in [6.45, 7) is 2.11. The van der Waals surface area contributed by atoms with E-state index in [-0.39, 0.29) is 5.91 Å². The van der Waals surface area contributed by atoms with Crippen molar-refractivity contribution in [3.63, 3.8) is 0 Å². The predicted molar refractivity (Wildman–Crippen MR) is 75.2 cm³/mol. The quantitative estimate of drug-likeness (QED) is 0.785. The number of hydrogen-bond acceptors (Lipinski definition) is 4. The van der Waals surface area contributed by atoms with E-state index in [1.54, 1.807) is 6.33 Å². The second-order valence-electron chi connectivity index (χ2n) is 4.43. The zero-order chi connectivity index (χ0) is 13.9. The van der Waals surface area contributed by atoms with Crippen molar-refractivity contribution in [2.45, 2.75) is 13.5 Å². The SMILES string of the molecule is CC(=O)Nc1ncnc2c1ncn2Cc1ccccc1. The second-order valence-corrected chi connectivity index (χ2v) is 4.43. The van der Waals surface area contributed by atoms with E-state index in [9.17, 15) is 4.79 Å². The van der Waals surface area contributed by atoms with E-state index in [0.29, 0.717) is 23.5 Å². The van der Waals surface area contributed by atoms with Crippen LogP contribution in [-0.4, -0.2) is 25.4 Å². The summed E-state index contributed by atoms with van der Waals surface area (Å²) >= 11 is 0. The molecule has 0 atom stereocenters. The van der Waals surface area contributed by atoms with Gasteiger partial charge in [0.05, 0.1) is 12.9 Å². The molecule has 0 spiro atoms. The summed E-state index contributed by atoms with van der Waals surface area (Å²) in [6, 6.07) is 10.1. The number of anilines is 1. The van der Waals surface area contributed by atoms with Gasteiger partial charge in [0.15, 0.2) is 17.0 Å². The molecule has 3 aromatic rings. The van der Waals surface area contributed by atoms with Crippen LogP contribution in [0.25, 0.3) is 11.2 Å². The van der Waals surface area contributed by atoms with Crippen molar-refractivity contribution in [3.05, 3.63) is 48.5 Å². The molecule has 0 saturated heterocycles. The maximum absolute atomic E-state index is 11.1. The molecule has 2 aromatic heterocycles. The number of hydrogen-bond donors (Lipinski definition) is 1. The minimum atomic E-state index is -0.178. The normalized spacial score (nSPS) is 10.7. The number of nitrogens with one attached hydrogen (secondary N) is 1. The average molecular weight is 267 g/mol. The minimum Gasteiger partial charge on any atom is -0.311 e.